The molecule has 1 aromatic heterocycles. The molecule has 1 fully saturated rings. The molecule has 1 aliphatic rings. The first-order valence-electron chi connectivity index (χ1n) is 8.94. The number of hydrogen-bond donors (Lipinski definition) is 0. The minimum absolute atomic E-state index is 0.0150. The number of nitrogens with zero attached hydrogens (tertiary/aromatic N) is 5. The number of carbonyl (C=O) groups is 1. The van der Waals surface area contributed by atoms with Gasteiger partial charge in [-0.3, -0.25) is 4.79 Å². The molecule has 29 heavy (non-hydrogen) atoms. The van der Waals surface area contributed by atoms with Crippen LogP contribution in [-0.4, -0.2) is 58.0 Å². The monoisotopic (exact) mass is 417 g/mol. The summed E-state index contributed by atoms with van der Waals surface area (Å²) in [6, 6.07) is 10.5. The summed E-state index contributed by atoms with van der Waals surface area (Å²) in [6.45, 7) is 3.04. The average molecular weight is 417 g/mol. The molecule has 0 unspecified atom stereocenters. The van der Waals surface area contributed by atoms with Crippen LogP contribution in [0, 0.1) is 11.6 Å². The summed E-state index contributed by atoms with van der Waals surface area (Å²) in [6.07, 6.45) is 0. The number of carbonyl (C=O) groups excluding carboxylic acids is 1. The third kappa shape index (κ3) is 4.43. The predicted molar refractivity (Wildman–Crippen MR) is 104 cm³/mol. The number of hydrogen-bond acceptors (Lipinski definition) is 7. The van der Waals surface area contributed by atoms with Crippen molar-refractivity contribution in [2.45, 2.75) is 5.16 Å². The Morgan fingerprint density at radius 3 is 2.59 bits per heavy atom. The molecule has 0 atom stereocenters. The lowest BCUT2D eigenvalue weighted by Gasteiger charge is -2.28. The highest BCUT2D eigenvalue weighted by Crippen LogP contribution is 2.23. The van der Waals surface area contributed by atoms with E-state index in [0.29, 0.717) is 18.8 Å². The lowest BCUT2D eigenvalue weighted by atomic mass is 10.1. The first-order chi connectivity index (χ1) is 14.1. The zero-order valence-corrected chi connectivity index (χ0v) is 16.1. The van der Waals surface area contributed by atoms with Crippen LogP contribution >= 0.6 is 11.8 Å². The standard InChI is InChI=1S/C19H17F2N5O2S/c20-14-3-6-17(16(21)11-14)26-19(22-23-24-26)29-12-18(27)13-1-4-15(5-2-13)25-7-9-28-10-8-25/h1-6,11H,7-10,12H2. The number of ketones is 1. The Hall–Kier alpha value is -2.85. The van der Waals surface area contributed by atoms with Gasteiger partial charge >= 0.3 is 0 Å². The molecule has 1 saturated heterocycles. The van der Waals surface area contributed by atoms with Gasteiger partial charge in [0, 0.05) is 30.4 Å². The van der Waals surface area contributed by atoms with Gasteiger partial charge in [-0.25, -0.2) is 8.78 Å². The molecule has 0 aliphatic carbocycles. The highest BCUT2D eigenvalue weighted by molar-refractivity contribution is 7.99. The van der Waals surface area contributed by atoms with Crippen molar-refractivity contribution >= 4 is 23.2 Å². The van der Waals surface area contributed by atoms with E-state index in [1.54, 1.807) is 12.1 Å². The molecular weight excluding hydrogens is 400 g/mol. The van der Waals surface area contributed by atoms with Gasteiger partial charge in [0.1, 0.15) is 11.5 Å². The van der Waals surface area contributed by atoms with Crippen LogP contribution < -0.4 is 4.90 Å². The van der Waals surface area contributed by atoms with Crippen LogP contribution in [0.5, 0.6) is 0 Å². The number of halogens is 2. The van der Waals surface area contributed by atoms with E-state index < -0.39 is 11.6 Å². The van der Waals surface area contributed by atoms with Crippen LogP contribution in [-0.2, 0) is 4.74 Å². The molecule has 2 heterocycles. The average Bonchev–Trinajstić information content (AvgIpc) is 3.21. The third-order valence-electron chi connectivity index (χ3n) is 4.48. The summed E-state index contributed by atoms with van der Waals surface area (Å²) < 4.78 is 33.6. The SMILES string of the molecule is O=C(CSc1nnnn1-c1ccc(F)cc1F)c1ccc(N2CCOCC2)cc1. The molecule has 3 aromatic rings. The smallest absolute Gasteiger partial charge is 0.214 e. The van der Waals surface area contributed by atoms with Crippen molar-refractivity contribution in [2.24, 2.45) is 0 Å². The molecule has 7 nitrogen and oxygen atoms in total. The minimum Gasteiger partial charge on any atom is -0.378 e. The number of morpholine rings is 1. The van der Waals surface area contributed by atoms with Gasteiger partial charge in [0.05, 0.1) is 19.0 Å². The molecule has 10 heteroatoms. The Morgan fingerprint density at radius 1 is 1.10 bits per heavy atom. The van der Waals surface area contributed by atoms with Crippen LogP contribution in [0.3, 0.4) is 0 Å². The lowest BCUT2D eigenvalue weighted by molar-refractivity contribution is 0.102. The Labute approximate surface area is 169 Å². The number of anilines is 1. The van der Waals surface area contributed by atoms with Gasteiger partial charge in [0.2, 0.25) is 5.16 Å². The highest BCUT2D eigenvalue weighted by Gasteiger charge is 2.16. The lowest BCUT2D eigenvalue weighted by Crippen LogP contribution is -2.36. The van der Waals surface area contributed by atoms with E-state index in [9.17, 15) is 13.6 Å². The van der Waals surface area contributed by atoms with Gasteiger partial charge in [-0.15, -0.1) is 5.10 Å². The molecule has 0 spiro atoms. The quantitative estimate of drug-likeness (QED) is 0.451. The van der Waals surface area contributed by atoms with Crippen molar-refractivity contribution in [3.63, 3.8) is 0 Å². The Morgan fingerprint density at radius 2 is 1.86 bits per heavy atom. The molecule has 0 amide bonds. The van der Waals surface area contributed by atoms with Crippen LogP contribution in [0.2, 0.25) is 0 Å². The number of rotatable bonds is 6. The summed E-state index contributed by atoms with van der Waals surface area (Å²) >= 11 is 1.09. The normalized spacial score (nSPS) is 14.2. The number of benzene rings is 2. The summed E-state index contributed by atoms with van der Waals surface area (Å²) in [5, 5.41) is 11.3. The van der Waals surface area contributed by atoms with E-state index >= 15 is 0 Å². The van der Waals surface area contributed by atoms with Crippen molar-refractivity contribution in [1.82, 2.24) is 20.2 Å². The number of Topliss-reactive ketones (excluding diaryl/α,β-unsaturated/α-hetero) is 1. The largest absolute Gasteiger partial charge is 0.378 e. The van der Waals surface area contributed by atoms with Gasteiger partial charge in [-0.1, -0.05) is 11.8 Å². The van der Waals surface area contributed by atoms with Gasteiger partial charge < -0.3 is 9.64 Å². The number of aromatic nitrogens is 4. The Bertz CT molecular complexity index is 1010. The Kier molecular flexibility index (Phi) is 5.81. The van der Waals surface area contributed by atoms with Crippen LogP contribution in [0.1, 0.15) is 10.4 Å². The van der Waals surface area contributed by atoms with Gasteiger partial charge in [0.15, 0.2) is 11.6 Å². The fourth-order valence-corrected chi connectivity index (χ4v) is 3.74. The third-order valence-corrected chi connectivity index (χ3v) is 5.40. The van der Waals surface area contributed by atoms with Crippen LogP contribution in [0.4, 0.5) is 14.5 Å². The number of ether oxygens (including phenoxy) is 1. The summed E-state index contributed by atoms with van der Waals surface area (Å²) in [5.41, 5.74) is 1.64. The topological polar surface area (TPSA) is 73.1 Å². The molecule has 150 valence electrons. The first kappa shape index (κ1) is 19.5. The summed E-state index contributed by atoms with van der Waals surface area (Å²) in [7, 11) is 0. The molecular formula is C19H17F2N5O2S. The molecule has 2 aromatic carbocycles. The molecule has 0 bridgehead atoms. The second kappa shape index (κ2) is 8.66. The van der Waals surface area contributed by atoms with E-state index in [-0.39, 0.29) is 22.4 Å². The van der Waals surface area contributed by atoms with E-state index in [2.05, 4.69) is 20.4 Å². The zero-order chi connectivity index (χ0) is 20.2. The fourth-order valence-electron chi connectivity index (χ4n) is 2.97. The van der Waals surface area contributed by atoms with E-state index in [1.165, 1.54) is 6.07 Å². The van der Waals surface area contributed by atoms with Crippen LogP contribution in [0.15, 0.2) is 47.6 Å². The summed E-state index contributed by atoms with van der Waals surface area (Å²) in [5.74, 6) is -1.49. The maximum absolute atomic E-state index is 14.0. The van der Waals surface area contributed by atoms with E-state index in [4.69, 9.17) is 4.74 Å². The molecule has 0 N–H and O–H groups in total. The maximum Gasteiger partial charge on any atom is 0.214 e. The fraction of sp³-hybridized carbons (Fsp3) is 0.263. The highest BCUT2D eigenvalue weighted by atomic mass is 32.2. The van der Waals surface area contributed by atoms with Gasteiger partial charge in [-0.2, -0.15) is 4.68 Å². The molecule has 0 saturated carbocycles. The minimum atomic E-state index is -0.788. The van der Waals surface area contributed by atoms with Gasteiger partial charge in [0.25, 0.3) is 0 Å². The zero-order valence-electron chi connectivity index (χ0n) is 15.3. The first-order valence-corrected chi connectivity index (χ1v) is 9.93. The second-order valence-electron chi connectivity index (χ2n) is 6.33. The Balaban J connectivity index is 1.42. The number of thioether (sulfide) groups is 1. The van der Waals surface area contributed by atoms with Crippen molar-refractivity contribution in [3.05, 3.63) is 59.7 Å². The summed E-state index contributed by atoms with van der Waals surface area (Å²) in [4.78, 5) is 14.7. The predicted octanol–water partition coefficient (Wildman–Crippen LogP) is 2.75. The van der Waals surface area contributed by atoms with Gasteiger partial charge in [-0.05, 0) is 46.8 Å². The van der Waals surface area contributed by atoms with E-state index in [0.717, 1.165) is 47.4 Å². The van der Waals surface area contributed by atoms with Crippen molar-refractivity contribution in [2.75, 3.05) is 37.0 Å². The maximum atomic E-state index is 14.0. The second-order valence-corrected chi connectivity index (χ2v) is 7.27. The molecule has 4 rings (SSSR count). The van der Waals surface area contributed by atoms with Crippen LogP contribution in [0.25, 0.3) is 5.69 Å². The van der Waals surface area contributed by atoms with Crippen molar-refractivity contribution in [1.29, 1.82) is 0 Å². The van der Waals surface area contributed by atoms with Crippen molar-refractivity contribution < 1.29 is 18.3 Å². The number of tetrazole rings is 1. The molecule has 1 aliphatic heterocycles. The van der Waals surface area contributed by atoms with E-state index in [1.807, 2.05) is 12.1 Å². The molecule has 0 radical (unpaired) electrons. The van der Waals surface area contributed by atoms with Crippen molar-refractivity contribution in [3.8, 4) is 5.69 Å².